The fourth-order valence-electron chi connectivity index (χ4n) is 4.16. The van der Waals surface area contributed by atoms with E-state index in [1.165, 1.54) is 18.4 Å². The molecule has 1 saturated heterocycles. The highest BCUT2D eigenvalue weighted by molar-refractivity contribution is 5.80. The third-order valence-corrected chi connectivity index (χ3v) is 6.17. The smallest absolute Gasteiger partial charge is 0.234 e. The van der Waals surface area contributed by atoms with E-state index >= 15 is 0 Å². The molecule has 0 radical (unpaired) electrons. The maximum Gasteiger partial charge on any atom is 0.234 e. The molecule has 1 aromatic carbocycles. The summed E-state index contributed by atoms with van der Waals surface area (Å²) in [5, 5.41) is 7.16. The fourth-order valence-corrected chi connectivity index (χ4v) is 4.16. The van der Waals surface area contributed by atoms with Crippen LogP contribution in [0.3, 0.4) is 0 Å². The molecular formula is C23H30N4O3. The van der Waals surface area contributed by atoms with Crippen molar-refractivity contribution in [2.45, 2.75) is 39.2 Å². The van der Waals surface area contributed by atoms with Crippen LogP contribution in [0.5, 0.6) is 0 Å². The Bertz CT molecular complexity index is 864. The number of aryl methyl sites for hydroxylation is 2. The van der Waals surface area contributed by atoms with Gasteiger partial charge in [-0.25, -0.2) is 0 Å². The molecule has 30 heavy (non-hydrogen) atoms. The van der Waals surface area contributed by atoms with Gasteiger partial charge in [-0.2, -0.15) is 0 Å². The lowest BCUT2D eigenvalue weighted by Crippen LogP contribution is -2.51. The summed E-state index contributed by atoms with van der Waals surface area (Å²) in [7, 11) is 0. The first-order valence-corrected chi connectivity index (χ1v) is 10.8. The Labute approximate surface area is 177 Å². The predicted octanol–water partition coefficient (Wildman–Crippen LogP) is 2.25. The van der Waals surface area contributed by atoms with Crippen molar-refractivity contribution in [1.82, 2.24) is 20.3 Å². The second kappa shape index (κ2) is 9.00. The summed E-state index contributed by atoms with van der Waals surface area (Å²) in [6.45, 7) is 6.77. The molecule has 1 aromatic heterocycles. The zero-order valence-corrected chi connectivity index (χ0v) is 17.8. The van der Waals surface area contributed by atoms with Crippen molar-refractivity contribution in [1.29, 1.82) is 0 Å². The van der Waals surface area contributed by atoms with Crippen molar-refractivity contribution in [2.75, 3.05) is 32.7 Å². The van der Waals surface area contributed by atoms with Gasteiger partial charge in [-0.3, -0.25) is 14.5 Å². The fraction of sp³-hybridized carbons (Fsp3) is 0.522. The molecule has 1 atom stereocenters. The van der Waals surface area contributed by atoms with Gasteiger partial charge in [0.25, 0.3) is 0 Å². The standard InChI is InChI=1S/C23H30N4O3/c1-16-20(17(2)30-25-16)14-22(29)27-12-10-26(11-13-27)15-21(28)24-23(19-8-9-19)18-6-4-3-5-7-18/h3-7,19,23H,8-15H2,1-2H3,(H,24,28). The van der Waals surface area contributed by atoms with Crippen LogP contribution in [0.15, 0.2) is 34.9 Å². The van der Waals surface area contributed by atoms with E-state index in [1.54, 1.807) is 0 Å². The Hall–Kier alpha value is -2.67. The Kier molecular flexibility index (Phi) is 6.18. The normalized spacial score (nSPS) is 18.3. The van der Waals surface area contributed by atoms with Gasteiger partial charge in [0, 0.05) is 31.7 Å². The number of nitrogens with one attached hydrogen (secondary N) is 1. The molecule has 160 valence electrons. The van der Waals surface area contributed by atoms with E-state index in [9.17, 15) is 9.59 Å². The van der Waals surface area contributed by atoms with Crippen LogP contribution in [0, 0.1) is 19.8 Å². The quantitative estimate of drug-likeness (QED) is 0.757. The molecule has 0 spiro atoms. The molecule has 0 bridgehead atoms. The number of carbonyl (C=O) groups excluding carboxylic acids is 2. The van der Waals surface area contributed by atoms with Gasteiger partial charge in [-0.15, -0.1) is 0 Å². The molecule has 2 aromatic rings. The largest absolute Gasteiger partial charge is 0.361 e. The average Bonchev–Trinajstić information content (AvgIpc) is 3.55. The van der Waals surface area contributed by atoms with E-state index in [1.807, 2.05) is 36.9 Å². The Morgan fingerprint density at radius 3 is 2.43 bits per heavy atom. The zero-order chi connectivity index (χ0) is 21.1. The summed E-state index contributed by atoms with van der Waals surface area (Å²) in [5.41, 5.74) is 2.84. The van der Waals surface area contributed by atoms with Gasteiger partial charge < -0.3 is 14.7 Å². The molecule has 1 saturated carbocycles. The molecule has 2 aliphatic rings. The lowest BCUT2D eigenvalue weighted by atomic mass is 10.0. The lowest BCUT2D eigenvalue weighted by Gasteiger charge is -2.34. The van der Waals surface area contributed by atoms with Gasteiger partial charge in [0.2, 0.25) is 11.8 Å². The van der Waals surface area contributed by atoms with Crippen molar-refractivity contribution < 1.29 is 14.1 Å². The van der Waals surface area contributed by atoms with E-state index in [0.717, 1.165) is 11.3 Å². The van der Waals surface area contributed by atoms with Crippen LogP contribution in [-0.4, -0.2) is 59.5 Å². The third kappa shape index (κ3) is 4.90. The molecule has 1 aliphatic heterocycles. The zero-order valence-electron chi connectivity index (χ0n) is 17.8. The van der Waals surface area contributed by atoms with Crippen LogP contribution in [0.25, 0.3) is 0 Å². The third-order valence-electron chi connectivity index (χ3n) is 6.17. The number of rotatable bonds is 7. The minimum absolute atomic E-state index is 0.0613. The van der Waals surface area contributed by atoms with Gasteiger partial charge in [0.05, 0.1) is 24.7 Å². The Balaban J connectivity index is 1.25. The summed E-state index contributed by atoms with van der Waals surface area (Å²) < 4.78 is 5.16. The molecule has 4 rings (SSSR count). The lowest BCUT2D eigenvalue weighted by molar-refractivity contribution is -0.132. The van der Waals surface area contributed by atoms with Crippen molar-refractivity contribution >= 4 is 11.8 Å². The first-order chi connectivity index (χ1) is 14.5. The van der Waals surface area contributed by atoms with Crippen molar-refractivity contribution in [3.63, 3.8) is 0 Å². The minimum atomic E-state index is 0.0613. The van der Waals surface area contributed by atoms with Crippen molar-refractivity contribution in [3.8, 4) is 0 Å². The number of carbonyl (C=O) groups is 2. The summed E-state index contributed by atoms with van der Waals surface area (Å²) in [5.74, 6) is 1.41. The Morgan fingerprint density at radius 1 is 1.13 bits per heavy atom. The maximum atomic E-state index is 12.7. The summed E-state index contributed by atoms with van der Waals surface area (Å²) in [6.07, 6.45) is 2.67. The monoisotopic (exact) mass is 410 g/mol. The molecule has 1 aliphatic carbocycles. The topological polar surface area (TPSA) is 78.7 Å². The highest BCUT2D eigenvalue weighted by Gasteiger charge is 2.33. The van der Waals surface area contributed by atoms with Crippen molar-refractivity contribution in [2.24, 2.45) is 5.92 Å². The number of amides is 2. The molecule has 1 N–H and O–H groups in total. The van der Waals surface area contributed by atoms with Crippen LogP contribution >= 0.6 is 0 Å². The number of nitrogens with zero attached hydrogens (tertiary/aromatic N) is 3. The molecule has 2 heterocycles. The van der Waals surface area contributed by atoms with E-state index in [4.69, 9.17) is 4.52 Å². The molecule has 7 nitrogen and oxygen atoms in total. The van der Waals surface area contributed by atoms with Crippen LogP contribution in [0.2, 0.25) is 0 Å². The van der Waals surface area contributed by atoms with E-state index < -0.39 is 0 Å². The second-order valence-electron chi connectivity index (χ2n) is 8.43. The van der Waals surface area contributed by atoms with Crippen LogP contribution < -0.4 is 5.32 Å². The van der Waals surface area contributed by atoms with Crippen molar-refractivity contribution in [3.05, 3.63) is 52.9 Å². The molecular weight excluding hydrogens is 380 g/mol. The summed E-state index contributed by atoms with van der Waals surface area (Å²) in [6, 6.07) is 10.3. The van der Waals surface area contributed by atoms with Gasteiger partial charge in [-0.1, -0.05) is 35.5 Å². The number of hydrogen-bond donors (Lipinski definition) is 1. The number of aromatic nitrogens is 1. The molecule has 1 unspecified atom stereocenters. The average molecular weight is 411 g/mol. The minimum Gasteiger partial charge on any atom is -0.361 e. The highest BCUT2D eigenvalue weighted by Crippen LogP contribution is 2.40. The SMILES string of the molecule is Cc1noc(C)c1CC(=O)N1CCN(CC(=O)NC(c2ccccc2)C2CC2)CC1. The van der Waals surface area contributed by atoms with Crippen LogP contribution in [0.4, 0.5) is 0 Å². The number of benzene rings is 1. The molecule has 2 amide bonds. The van der Waals surface area contributed by atoms with Crippen LogP contribution in [-0.2, 0) is 16.0 Å². The first kappa shape index (κ1) is 20.6. The Morgan fingerprint density at radius 2 is 1.83 bits per heavy atom. The van der Waals surface area contributed by atoms with E-state index in [0.29, 0.717) is 50.8 Å². The molecule has 7 heteroatoms. The van der Waals surface area contributed by atoms with E-state index in [2.05, 4.69) is 27.5 Å². The second-order valence-corrected chi connectivity index (χ2v) is 8.43. The number of hydrogen-bond acceptors (Lipinski definition) is 5. The predicted molar refractivity (Wildman–Crippen MR) is 113 cm³/mol. The summed E-state index contributed by atoms with van der Waals surface area (Å²) >= 11 is 0. The van der Waals surface area contributed by atoms with Gasteiger partial charge in [0.1, 0.15) is 5.76 Å². The van der Waals surface area contributed by atoms with E-state index in [-0.39, 0.29) is 17.9 Å². The highest BCUT2D eigenvalue weighted by atomic mass is 16.5. The van der Waals surface area contributed by atoms with Gasteiger partial charge >= 0.3 is 0 Å². The molecule has 2 fully saturated rings. The van der Waals surface area contributed by atoms with Crippen LogP contribution in [0.1, 0.15) is 41.5 Å². The maximum absolute atomic E-state index is 12.7. The number of piperazine rings is 1. The first-order valence-electron chi connectivity index (χ1n) is 10.8. The van der Waals surface area contributed by atoms with Gasteiger partial charge in [-0.05, 0) is 38.2 Å². The van der Waals surface area contributed by atoms with Gasteiger partial charge in [0.15, 0.2) is 0 Å². The summed E-state index contributed by atoms with van der Waals surface area (Å²) in [4.78, 5) is 29.3.